The van der Waals surface area contributed by atoms with Gasteiger partial charge in [-0.1, -0.05) is 6.07 Å². The number of carbonyl (C=O) groups excluding carboxylic acids is 1. The van der Waals surface area contributed by atoms with E-state index in [1.54, 1.807) is 12.1 Å². The minimum absolute atomic E-state index is 0.0207. The van der Waals surface area contributed by atoms with Gasteiger partial charge in [-0.15, -0.1) is 0 Å². The van der Waals surface area contributed by atoms with Crippen LogP contribution in [0.15, 0.2) is 107 Å². The first-order valence-corrected chi connectivity index (χ1v) is 18.5. The van der Waals surface area contributed by atoms with Crippen LogP contribution >= 0.6 is 0 Å². The molecule has 3 atom stereocenters. The molecule has 260 valence electrons. The summed E-state index contributed by atoms with van der Waals surface area (Å²) in [6.45, 7) is 0.268. The first-order chi connectivity index (χ1) is 23.9. The Morgan fingerprint density at radius 3 is 2.08 bits per heavy atom. The van der Waals surface area contributed by atoms with E-state index in [-0.39, 0.29) is 35.1 Å². The van der Waals surface area contributed by atoms with E-state index in [1.807, 2.05) is 18.2 Å². The molecule has 2 unspecified atom stereocenters. The van der Waals surface area contributed by atoms with Crippen LogP contribution in [-0.4, -0.2) is 57.7 Å². The number of carbonyl (C=O) groups is 2. The Morgan fingerprint density at radius 2 is 1.50 bits per heavy atom. The van der Waals surface area contributed by atoms with Crippen molar-refractivity contribution in [3.05, 3.63) is 128 Å². The molecule has 0 spiro atoms. The molecule has 0 heterocycles. The molecule has 0 aromatic heterocycles. The predicted molar refractivity (Wildman–Crippen MR) is 181 cm³/mol. The third-order valence-electron chi connectivity index (χ3n) is 7.48. The maximum atomic E-state index is 13.5. The summed E-state index contributed by atoms with van der Waals surface area (Å²) in [7, 11) is 0. The molecule has 16 nitrogen and oxygen atoms in total. The van der Waals surface area contributed by atoms with Crippen LogP contribution in [0, 0.1) is 20.2 Å². The molecule has 4 aromatic carbocycles. The van der Waals surface area contributed by atoms with Crippen LogP contribution < -0.4 is 19.1 Å². The molecule has 0 saturated carbocycles. The molecule has 4 rings (SSSR count). The number of benzene rings is 4. The number of hydrogen-bond donors (Lipinski definition) is 4. The quantitative estimate of drug-likeness (QED) is 0.0382. The topological polar surface area (TPSA) is 250 Å². The molecule has 5 N–H and O–H groups in total. The Bertz CT molecular complexity index is 1910. The summed E-state index contributed by atoms with van der Waals surface area (Å²) >= 11 is -5.07. The number of rotatable bonds is 17. The van der Waals surface area contributed by atoms with E-state index >= 15 is 0 Å². The van der Waals surface area contributed by atoms with E-state index in [9.17, 15) is 42.8 Å². The number of para-hydroxylation sites is 1. The average Bonchev–Trinajstić information content (AvgIpc) is 3.09. The third-order valence-corrected chi connectivity index (χ3v) is 10.4. The van der Waals surface area contributed by atoms with Crippen LogP contribution in [0.25, 0.3) is 0 Å². The zero-order chi connectivity index (χ0) is 36.3. The number of carboxylic acid groups (broad SMARTS) is 1. The van der Waals surface area contributed by atoms with Gasteiger partial charge in [0, 0.05) is 6.07 Å². The van der Waals surface area contributed by atoms with Crippen molar-refractivity contribution in [1.82, 2.24) is 5.32 Å². The molecule has 0 radical (unpaired) electrons. The Hall–Kier alpha value is -5.70. The van der Waals surface area contributed by atoms with Crippen LogP contribution in [0.3, 0.4) is 0 Å². The smallest absolute Gasteiger partial charge is 0.258 e. The van der Waals surface area contributed by atoms with E-state index in [1.165, 1.54) is 60.7 Å². The predicted octanol–water partition coefficient (Wildman–Crippen LogP) is 4.59. The zero-order valence-electron chi connectivity index (χ0n) is 26.4. The van der Waals surface area contributed by atoms with Crippen LogP contribution in [0.2, 0.25) is 0 Å². The second kappa shape index (κ2) is 17.1. The van der Waals surface area contributed by atoms with E-state index in [4.69, 9.17) is 9.46 Å². The van der Waals surface area contributed by atoms with Gasteiger partial charge in [0.25, 0.3) is 0 Å². The second-order valence-corrected chi connectivity index (χ2v) is 14.6. The fourth-order valence-corrected chi connectivity index (χ4v) is 7.18. The number of amides is 1. The van der Waals surface area contributed by atoms with E-state index < -0.39 is 59.2 Å². The number of nitrogens with two attached hydrogens (primary N) is 1. The standard InChI is InChI=1S/C33H33AsN6O10/c35-20-5-4-9-28(27-10-6-11-30(39(46)47)31(27)40(48)49)32(41)36-29(33(42)43)21-22-12-18-26(19-13-22)50-34(44,45)23-14-16-25(17-15-23)38-37-24-7-2-1-3-8-24/h1-3,6-8,10-19,28-29H,4-5,9,20-21,35H2,(H,36,41)(H,42,43)(H,44,45)/t28?,29-/m0/s1. The molecule has 4 aromatic rings. The monoisotopic (exact) mass is 748 g/mol. The molecule has 0 fully saturated rings. The number of hydrogen-bond acceptors (Lipinski definition) is 11. The van der Waals surface area contributed by atoms with Crippen molar-refractivity contribution in [2.24, 2.45) is 16.0 Å². The summed E-state index contributed by atoms with van der Waals surface area (Å²) in [6.07, 6.45) is 0.590. The van der Waals surface area contributed by atoms with Gasteiger partial charge in [0.05, 0.1) is 9.85 Å². The molecule has 0 saturated heterocycles. The van der Waals surface area contributed by atoms with Gasteiger partial charge in [0.2, 0.25) is 0 Å². The van der Waals surface area contributed by atoms with Gasteiger partial charge in [0.1, 0.15) is 0 Å². The zero-order valence-corrected chi connectivity index (χ0v) is 28.3. The van der Waals surface area contributed by atoms with Gasteiger partial charge >= 0.3 is 228 Å². The van der Waals surface area contributed by atoms with Crippen molar-refractivity contribution in [2.45, 2.75) is 37.6 Å². The summed E-state index contributed by atoms with van der Waals surface area (Å²) in [5, 5.41) is 43.9. The minimum atomic E-state index is -5.07. The number of nitro groups is 2. The molecule has 1 amide bonds. The van der Waals surface area contributed by atoms with Crippen LogP contribution in [0.5, 0.6) is 5.75 Å². The van der Waals surface area contributed by atoms with Crippen molar-refractivity contribution < 1.29 is 36.1 Å². The normalized spacial score (nSPS) is 13.6. The molecule has 0 bridgehead atoms. The fraction of sp³-hybridized carbons (Fsp3) is 0.212. The number of nitrogens with zero attached hydrogens (tertiary/aromatic N) is 4. The molecule has 0 aliphatic carbocycles. The van der Waals surface area contributed by atoms with Crippen molar-refractivity contribution >= 4 is 53.1 Å². The molecule has 0 aliphatic heterocycles. The summed E-state index contributed by atoms with van der Waals surface area (Å²) in [6, 6.07) is 22.5. The summed E-state index contributed by atoms with van der Waals surface area (Å²) in [5.41, 5.74) is 5.23. The Kier molecular flexibility index (Phi) is 12.7. The average molecular weight is 749 g/mol. The van der Waals surface area contributed by atoms with Crippen molar-refractivity contribution in [3.63, 3.8) is 0 Å². The van der Waals surface area contributed by atoms with Gasteiger partial charge in [0.15, 0.2) is 0 Å². The number of nitrogens with one attached hydrogen (secondary N) is 1. The Balaban J connectivity index is 1.46. The summed E-state index contributed by atoms with van der Waals surface area (Å²) < 4.78 is 29.2. The van der Waals surface area contributed by atoms with E-state index in [2.05, 4.69) is 15.5 Å². The van der Waals surface area contributed by atoms with Crippen LogP contribution in [0.1, 0.15) is 36.3 Å². The second-order valence-electron chi connectivity index (χ2n) is 11.0. The fourth-order valence-electron chi connectivity index (χ4n) is 5.00. The number of aliphatic carboxylic acids is 1. The third kappa shape index (κ3) is 9.92. The van der Waals surface area contributed by atoms with Crippen molar-refractivity contribution in [3.8, 4) is 5.75 Å². The first-order valence-electron chi connectivity index (χ1n) is 15.2. The minimum Gasteiger partial charge on any atom is -0.258 e. The van der Waals surface area contributed by atoms with Crippen molar-refractivity contribution in [2.75, 3.05) is 6.54 Å². The van der Waals surface area contributed by atoms with Gasteiger partial charge in [-0.05, 0) is 13.0 Å². The number of carboxylic acids is 1. The first kappa shape index (κ1) is 37.1. The van der Waals surface area contributed by atoms with Crippen LogP contribution in [0.4, 0.5) is 22.7 Å². The number of azo groups is 1. The SMILES string of the molecule is NCCCCC(C(=O)N[C@@H](Cc1ccc(O[As](=O)(O)c2ccc(N=Nc3ccccc3)cc2)cc1)C(=O)O)c1cccc([N+](=O)[O-])c1[N+](=O)[O-]. The molecule has 0 aliphatic rings. The Morgan fingerprint density at radius 1 is 0.860 bits per heavy atom. The molecule has 50 heavy (non-hydrogen) atoms. The number of unbranched alkanes of at least 4 members (excludes halogenated alkanes) is 1. The van der Waals surface area contributed by atoms with E-state index in [0.29, 0.717) is 29.8 Å². The summed E-state index contributed by atoms with van der Waals surface area (Å²) in [5.74, 6) is -3.50. The molecule has 17 heteroatoms. The van der Waals surface area contributed by atoms with Crippen LogP contribution in [-0.2, 0) is 19.7 Å². The van der Waals surface area contributed by atoms with Gasteiger partial charge < -0.3 is 5.73 Å². The van der Waals surface area contributed by atoms with Gasteiger partial charge in [-0.25, -0.2) is 0 Å². The van der Waals surface area contributed by atoms with Gasteiger partial charge in [-0.3, -0.25) is 20.2 Å². The van der Waals surface area contributed by atoms with E-state index in [0.717, 1.165) is 6.07 Å². The van der Waals surface area contributed by atoms with Gasteiger partial charge in [-0.2, -0.15) is 0 Å². The molecular weight excluding hydrogens is 715 g/mol. The Labute approximate surface area is 288 Å². The molecular formula is C33H33AsN6O10. The maximum absolute atomic E-state index is 13.5. The number of nitro benzene ring substituents is 2. The van der Waals surface area contributed by atoms with Crippen molar-refractivity contribution in [1.29, 1.82) is 0 Å². The summed E-state index contributed by atoms with van der Waals surface area (Å²) in [4.78, 5) is 47.2.